The van der Waals surface area contributed by atoms with Gasteiger partial charge in [-0.15, -0.1) is 11.3 Å². The molecule has 1 aromatic heterocycles. The molecule has 0 amide bonds. The first kappa shape index (κ1) is 12.4. The Kier molecular flexibility index (Phi) is 3.80. The molecule has 1 N–H and O–H groups in total. The van der Waals surface area contributed by atoms with Crippen molar-refractivity contribution in [3.63, 3.8) is 0 Å². The van der Waals surface area contributed by atoms with Crippen molar-refractivity contribution >= 4 is 17.0 Å². The van der Waals surface area contributed by atoms with Crippen LogP contribution < -0.4 is 10.1 Å². The number of hydrogen-bond donors (Lipinski definition) is 1. The normalized spacial score (nSPS) is 9.83. The van der Waals surface area contributed by atoms with Gasteiger partial charge in [0, 0.05) is 17.1 Å². The van der Waals surface area contributed by atoms with E-state index in [9.17, 15) is 0 Å². The van der Waals surface area contributed by atoms with Gasteiger partial charge in [-0.05, 0) is 19.1 Å². The van der Waals surface area contributed by atoms with Crippen LogP contribution in [0.4, 0.5) is 5.69 Å². The topological polar surface area (TPSA) is 57.9 Å². The van der Waals surface area contributed by atoms with Crippen LogP contribution in [0, 0.1) is 18.3 Å². The zero-order valence-electron chi connectivity index (χ0n) is 10.2. The maximum atomic E-state index is 8.83. The van der Waals surface area contributed by atoms with E-state index < -0.39 is 0 Å². The number of methoxy groups -OCH3 is 1. The Labute approximate surface area is 110 Å². The SMILES string of the molecule is COc1cc(C#N)ccc1NCc1cnc(C)s1. The lowest BCUT2D eigenvalue weighted by atomic mass is 10.2. The van der Waals surface area contributed by atoms with E-state index in [0.717, 1.165) is 10.7 Å². The molecule has 0 saturated carbocycles. The Balaban J connectivity index is 2.12. The van der Waals surface area contributed by atoms with Gasteiger partial charge in [0.2, 0.25) is 0 Å². The first-order valence-corrected chi connectivity index (χ1v) is 6.28. The second kappa shape index (κ2) is 5.52. The van der Waals surface area contributed by atoms with Gasteiger partial charge in [-0.3, -0.25) is 0 Å². The molecule has 5 heteroatoms. The van der Waals surface area contributed by atoms with Gasteiger partial charge in [-0.25, -0.2) is 4.98 Å². The van der Waals surface area contributed by atoms with E-state index in [4.69, 9.17) is 10.00 Å². The Morgan fingerprint density at radius 3 is 2.94 bits per heavy atom. The van der Waals surface area contributed by atoms with E-state index >= 15 is 0 Å². The van der Waals surface area contributed by atoms with Crippen LogP contribution in [0.1, 0.15) is 15.4 Å². The predicted octanol–water partition coefficient (Wildman–Crippen LogP) is 2.94. The van der Waals surface area contributed by atoms with E-state index in [1.807, 2.05) is 19.2 Å². The van der Waals surface area contributed by atoms with E-state index in [1.165, 1.54) is 4.88 Å². The summed E-state index contributed by atoms with van der Waals surface area (Å²) >= 11 is 1.66. The number of benzene rings is 1. The third kappa shape index (κ3) is 2.79. The van der Waals surface area contributed by atoms with E-state index in [-0.39, 0.29) is 0 Å². The molecule has 0 aliphatic heterocycles. The van der Waals surface area contributed by atoms with Crippen LogP contribution in [0.5, 0.6) is 5.75 Å². The Morgan fingerprint density at radius 2 is 2.33 bits per heavy atom. The smallest absolute Gasteiger partial charge is 0.143 e. The van der Waals surface area contributed by atoms with Gasteiger partial charge in [0.05, 0.1) is 36.0 Å². The second-order valence-electron chi connectivity index (χ2n) is 3.73. The molecule has 0 unspecified atom stereocenters. The third-order valence-corrected chi connectivity index (χ3v) is 3.37. The van der Waals surface area contributed by atoms with Crippen molar-refractivity contribution in [2.75, 3.05) is 12.4 Å². The number of aromatic nitrogens is 1. The summed E-state index contributed by atoms with van der Waals surface area (Å²) in [7, 11) is 1.60. The number of nitriles is 1. The molecule has 1 aromatic carbocycles. The summed E-state index contributed by atoms with van der Waals surface area (Å²) in [5, 5.41) is 13.2. The fourth-order valence-electron chi connectivity index (χ4n) is 1.58. The highest BCUT2D eigenvalue weighted by molar-refractivity contribution is 7.11. The molecular weight excluding hydrogens is 246 g/mol. The fraction of sp³-hybridized carbons (Fsp3) is 0.231. The lowest BCUT2D eigenvalue weighted by molar-refractivity contribution is 0.416. The summed E-state index contributed by atoms with van der Waals surface area (Å²) in [5.74, 6) is 0.676. The first-order valence-electron chi connectivity index (χ1n) is 5.46. The molecule has 0 fully saturated rings. The van der Waals surface area contributed by atoms with Crippen LogP contribution in [0.25, 0.3) is 0 Å². The molecule has 2 rings (SSSR count). The molecule has 4 nitrogen and oxygen atoms in total. The number of nitrogens with zero attached hydrogens (tertiary/aromatic N) is 2. The van der Waals surface area contributed by atoms with Crippen molar-refractivity contribution in [1.29, 1.82) is 5.26 Å². The van der Waals surface area contributed by atoms with Crippen molar-refractivity contribution in [1.82, 2.24) is 4.98 Å². The largest absolute Gasteiger partial charge is 0.495 e. The Bertz CT molecular complexity index is 586. The summed E-state index contributed by atoms with van der Waals surface area (Å²) in [6, 6.07) is 7.43. The molecule has 1 heterocycles. The van der Waals surface area contributed by atoms with Crippen molar-refractivity contribution < 1.29 is 4.74 Å². The monoisotopic (exact) mass is 259 g/mol. The van der Waals surface area contributed by atoms with Gasteiger partial charge in [0.25, 0.3) is 0 Å². The van der Waals surface area contributed by atoms with Crippen molar-refractivity contribution in [2.45, 2.75) is 13.5 Å². The molecule has 0 bridgehead atoms. The molecule has 0 spiro atoms. The number of rotatable bonds is 4. The lowest BCUT2D eigenvalue weighted by Crippen LogP contribution is -2.00. The van der Waals surface area contributed by atoms with Gasteiger partial charge >= 0.3 is 0 Å². The Hall–Kier alpha value is -2.06. The molecule has 92 valence electrons. The van der Waals surface area contributed by atoms with Crippen LogP contribution >= 0.6 is 11.3 Å². The fourth-order valence-corrected chi connectivity index (χ4v) is 2.31. The van der Waals surface area contributed by atoms with Crippen molar-refractivity contribution in [2.24, 2.45) is 0 Å². The van der Waals surface area contributed by atoms with Crippen LogP contribution in [-0.2, 0) is 6.54 Å². The highest BCUT2D eigenvalue weighted by atomic mass is 32.1. The average Bonchev–Trinajstić information content (AvgIpc) is 2.82. The Morgan fingerprint density at radius 1 is 1.50 bits per heavy atom. The second-order valence-corrected chi connectivity index (χ2v) is 5.05. The minimum atomic E-state index is 0.589. The van der Waals surface area contributed by atoms with Crippen LogP contribution in [0.3, 0.4) is 0 Å². The molecule has 2 aromatic rings. The van der Waals surface area contributed by atoms with Gasteiger partial charge < -0.3 is 10.1 Å². The number of anilines is 1. The quantitative estimate of drug-likeness (QED) is 0.917. The van der Waals surface area contributed by atoms with Gasteiger partial charge in [0.1, 0.15) is 5.75 Å². The third-order valence-electron chi connectivity index (χ3n) is 2.45. The average molecular weight is 259 g/mol. The molecule has 0 radical (unpaired) electrons. The number of hydrogen-bond acceptors (Lipinski definition) is 5. The van der Waals surface area contributed by atoms with Gasteiger partial charge in [-0.2, -0.15) is 5.26 Å². The van der Waals surface area contributed by atoms with Crippen molar-refractivity contribution in [3.8, 4) is 11.8 Å². The lowest BCUT2D eigenvalue weighted by Gasteiger charge is -2.10. The zero-order chi connectivity index (χ0) is 13.0. The number of thiazole rings is 1. The molecule has 0 aliphatic carbocycles. The molecule has 0 saturated heterocycles. The number of ether oxygens (including phenoxy) is 1. The molecular formula is C13H13N3OS. The van der Waals surface area contributed by atoms with E-state index in [0.29, 0.717) is 17.9 Å². The van der Waals surface area contributed by atoms with Crippen LogP contribution in [0.2, 0.25) is 0 Å². The summed E-state index contributed by atoms with van der Waals surface area (Å²) < 4.78 is 5.26. The van der Waals surface area contributed by atoms with Crippen molar-refractivity contribution in [3.05, 3.63) is 39.8 Å². The van der Waals surface area contributed by atoms with Gasteiger partial charge in [-0.1, -0.05) is 0 Å². The number of nitrogens with one attached hydrogen (secondary N) is 1. The van der Waals surface area contributed by atoms with E-state index in [2.05, 4.69) is 16.4 Å². The van der Waals surface area contributed by atoms with Crippen LogP contribution in [-0.4, -0.2) is 12.1 Å². The minimum Gasteiger partial charge on any atom is -0.495 e. The summed E-state index contributed by atoms with van der Waals surface area (Å²) in [5.41, 5.74) is 1.47. The minimum absolute atomic E-state index is 0.589. The summed E-state index contributed by atoms with van der Waals surface area (Å²) in [6.45, 7) is 2.68. The van der Waals surface area contributed by atoms with Gasteiger partial charge in [0.15, 0.2) is 0 Å². The molecule has 0 atom stereocenters. The molecule has 0 aliphatic rings. The zero-order valence-corrected chi connectivity index (χ0v) is 11.0. The predicted molar refractivity (Wildman–Crippen MR) is 71.9 cm³/mol. The highest BCUT2D eigenvalue weighted by Crippen LogP contribution is 2.26. The summed E-state index contributed by atoms with van der Waals surface area (Å²) in [4.78, 5) is 5.37. The molecule has 18 heavy (non-hydrogen) atoms. The van der Waals surface area contributed by atoms with Crippen LogP contribution in [0.15, 0.2) is 24.4 Å². The standard InChI is InChI=1S/C13H13N3OS/c1-9-15-7-11(18-9)8-16-12-4-3-10(6-14)5-13(12)17-2/h3-5,7,16H,8H2,1-2H3. The maximum absolute atomic E-state index is 8.83. The number of aryl methyl sites for hydroxylation is 1. The first-order chi connectivity index (χ1) is 8.72. The summed E-state index contributed by atoms with van der Waals surface area (Å²) in [6.07, 6.45) is 1.86. The van der Waals surface area contributed by atoms with E-state index in [1.54, 1.807) is 30.6 Å². The highest BCUT2D eigenvalue weighted by Gasteiger charge is 2.05. The maximum Gasteiger partial charge on any atom is 0.143 e.